The minimum atomic E-state index is -0.490. The Hall–Kier alpha value is -3.16. The number of halogens is 1. The topological polar surface area (TPSA) is 65.8 Å². The highest BCUT2D eigenvalue weighted by atomic mass is 19.1. The zero-order valence-electron chi connectivity index (χ0n) is 16.0. The number of urea groups is 1. The van der Waals surface area contributed by atoms with Gasteiger partial charge < -0.3 is 15.1 Å². The first-order valence-electron chi connectivity index (χ1n) is 9.38. The number of aromatic nitrogens is 3. The molecule has 3 aromatic heterocycles. The van der Waals surface area contributed by atoms with Crippen molar-refractivity contribution in [3.63, 3.8) is 0 Å². The molecule has 1 unspecified atom stereocenters. The molecule has 0 aromatic carbocycles. The number of hydrogen-bond acceptors (Lipinski definition) is 4. The third-order valence-electron chi connectivity index (χ3n) is 5.16. The molecule has 4 rings (SSSR count). The monoisotopic (exact) mass is 382 g/mol. The Morgan fingerprint density at radius 2 is 1.96 bits per heavy atom. The van der Waals surface area contributed by atoms with Crippen LogP contribution in [0.1, 0.15) is 24.4 Å². The van der Waals surface area contributed by atoms with Crippen LogP contribution in [0.2, 0.25) is 0 Å². The van der Waals surface area contributed by atoms with Gasteiger partial charge in [0.2, 0.25) is 5.95 Å². The average Bonchev–Trinajstić information content (AvgIpc) is 3.09. The highest BCUT2D eigenvalue weighted by Gasteiger charge is 2.23. The summed E-state index contributed by atoms with van der Waals surface area (Å²) in [7, 11) is 0. The number of rotatable bonds is 3. The van der Waals surface area contributed by atoms with Crippen molar-refractivity contribution >= 4 is 17.4 Å². The third-order valence-corrected chi connectivity index (χ3v) is 5.16. The largest absolute Gasteiger partial charge is 0.368 e. The van der Waals surface area contributed by atoms with Crippen molar-refractivity contribution < 1.29 is 9.18 Å². The van der Waals surface area contributed by atoms with Crippen molar-refractivity contribution in [2.75, 3.05) is 31.1 Å². The minimum absolute atomic E-state index is 0.0946. The van der Waals surface area contributed by atoms with Crippen LogP contribution in [0.5, 0.6) is 0 Å². The molecule has 0 spiro atoms. The molecule has 3 aromatic rings. The number of carbonyl (C=O) groups excluding carboxylic acids is 1. The molecule has 146 valence electrons. The van der Waals surface area contributed by atoms with Crippen LogP contribution in [0.15, 0.2) is 42.7 Å². The van der Waals surface area contributed by atoms with Crippen molar-refractivity contribution in [2.45, 2.75) is 19.9 Å². The van der Waals surface area contributed by atoms with E-state index in [1.54, 1.807) is 11.0 Å². The van der Waals surface area contributed by atoms with Crippen LogP contribution in [0.25, 0.3) is 5.65 Å². The Bertz CT molecular complexity index is 995. The second-order valence-corrected chi connectivity index (χ2v) is 7.03. The van der Waals surface area contributed by atoms with Gasteiger partial charge in [0.1, 0.15) is 5.65 Å². The molecule has 1 atom stereocenters. The van der Waals surface area contributed by atoms with E-state index in [4.69, 9.17) is 0 Å². The van der Waals surface area contributed by atoms with E-state index in [1.165, 1.54) is 12.3 Å². The molecule has 1 aliphatic heterocycles. The fraction of sp³-hybridized carbons (Fsp3) is 0.350. The molecule has 7 nitrogen and oxygen atoms in total. The molecule has 1 aliphatic rings. The summed E-state index contributed by atoms with van der Waals surface area (Å²) in [5.41, 5.74) is 3.69. The number of nitrogens with one attached hydrogen (secondary N) is 1. The Balaban J connectivity index is 1.40. The summed E-state index contributed by atoms with van der Waals surface area (Å²) in [4.78, 5) is 24.6. The maximum atomic E-state index is 13.3. The summed E-state index contributed by atoms with van der Waals surface area (Å²) in [6, 6.07) is 8.86. The van der Waals surface area contributed by atoms with E-state index in [2.05, 4.69) is 24.6 Å². The Kier molecular flexibility index (Phi) is 4.85. The molecule has 2 amide bonds. The van der Waals surface area contributed by atoms with Gasteiger partial charge >= 0.3 is 6.03 Å². The van der Waals surface area contributed by atoms with E-state index >= 15 is 0 Å². The predicted molar refractivity (Wildman–Crippen MR) is 105 cm³/mol. The van der Waals surface area contributed by atoms with Crippen molar-refractivity contribution in [1.29, 1.82) is 0 Å². The van der Waals surface area contributed by atoms with Gasteiger partial charge in [-0.2, -0.15) is 4.39 Å². The number of anilines is 1. The lowest BCUT2D eigenvalue weighted by Gasteiger charge is -2.36. The van der Waals surface area contributed by atoms with Crippen LogP contribution in [0.3, 0.4) is 0 Å². The first-order valence-corrected chi connectivity index (χ1v) is 9.38. The number of pyridine rings is 2. The molecule has 0 bridgehead atoms. The van der Waals surface area contributed by atoms with E-state index in [9.17, 15) is 9.18 Å². The molecule has 1 N–H and O–H groups in total. The molecule has 8 heteroatoms. The fourth-order valence-electron chi connectivity index (χ4n) is 3.66. The number of nitrogens with zero attached hydrogens (tertiary/aromatic N) is 5. The summed E-state index contributed by atoms with van der Waals surface area (Å²) in [6.07, 6.45) is 3.29. The maximum Gasteiger partial charge on any atom is 0.318 e. The number of fused-ring (bicyclic) bond motifs is 1. The van der Waals surface area contributed by atoms with Crippen molar-refractivity contribution in [3.05, 3.63) is 60.1 Å². The average molecular weight is 382 g/mol. The van der Waals surface area contributed by atoms with Crippen molar-refractivity contribution in [2.24, 2.45) is 0 Å². The van der Waals surface area contributed by atoms with E-state index in [0.717, 1.165) is 22.7 Å². The highest BCUT2D eigenvalue weighted by Crippen LogP contribution is 2.19. The van der Waals surface area contributed by atoms with E-state index in [-0.39, 0.29) is 12.1 Å². The SMILES string of the molecule is Cc1cnc2cccc(C(C)NC(=O)N3CCN(c4ccnc(F)c4)CC3)n12. The second kappa shape index (κ2) is 7.46. The predicted octanol–water partition coefficient (Wildman–Crippen LogP) is 2.77. The van der Waals surface area contributed by atoms with Gasteiger partial charge in [0.05, 0.1) is 6.04 Å². The lowest BCUT2D eigenvalue weighted by atomic mass is 10.2. The van der Waals surface area contributed by atoms with Crippen molar-refractivity contribution in [3.8, 4) is 0 Å². The highest BCUT2D eigenvalue weighted by molar-refractivity contribution is 5.75. The van der Waals surface area contributed by atoms with Gasteiger partial charge in [0.15, 0.2) is 0 Å². The number of amides is 2. The lowest BCUT2D eigenvalue weighted by Crippen LogP contribution is -2.52. The van der Waals surface area contributed by atoms with E-state index in [0.29, 0.717) is 26.2 Å². The first kappa shape index (κ1) is 18.2. The van der Waals surface area contributed by atoms with Crippen LogP contribution in [0, 0.1) is 12.9 Å². The van der Waals surface area contributed by atoms with Gasteiger partial charge in [-0.05, 0) is 32.0 Å². The molecule has 1 saturated heterocycles. The molecule has 1 fully saturated rings. The number of aryl methyl sites for hydroxylation is 1. The Labute approximate surface area is 162 Å². The summed E-state index contributed by atoms with van der Waals surface area (Å²) in [6.45, 7) is 6.44. The van der Waals surface area contributed by atoms with E-state index < -0.39 is 5.95 Å². The zero-order valence-corrected chi connectivity index (χ0v) is 16.0. The molecular formula is C20H23FN6O. The van der Waals surface area contributed by atoms with E-state index in [1.807, 2.05) is 38.2 Å². The normalized spacial score (nSPS) is 15.7. The van der Waals surface area contributed by atoms with Gasteiger partial charge in [-0.15, -0.1) is 0 Å². The first-order chi connectivity index (χ1) is 13.5. The van der Waals surface area contributed by atoms with Gasteiger partial charge in [0, 0.05) is 61.7 Å². The minimum Gasteiger partial charge on any atom is -0.368 e. The molecule has 0 radical (unpaired) electrons. The third kappa shape index (κ3) is 3.49. The van der Waals surface area contributed by atoms with Crippen molar-refractivity contribution in [1.82, 2.24) is 24.6 Å². The molecular weight excluding hydrogens is 359 g/mol. The standard InChI is InChI=1S/C20H23FN6O/c1-14-13-23-19-5-3-4-17(27(14)19)15(2)24-20(28)26-10-8-25(9-11-26)16-6-7-22-18(21)12-16/h3-7,12-13,15H,8-11H2,1-2H3,(H,24,28). The van der Waals surface area contributed by atoms with Gasteiger partial charge in [-0.1, -0.05) is 6.07 Å². The zero-order chi connectivity index (χ0) is 19.7. The van der Waals surface area contributed by atoms with Crippen LogP contribution < -0.4 is 10.2 Å². The molecule has 28 heavy (non-hydrogen) atoms. The van der Waals surface area contributed by atoms with Crippen LogP contribution in [-0.2, 0) is 0 Å². The van der Waals surface area contributed by atoms with Gasteiger partial charge in [0.25, 0.3) is 0 Å². The Morgan fingerprint density at radius 3 is 2.71 bits per heavy atom. The number of hydrogen-bond donors (Lipinski definition) is 1. The van der Waals surface area contributed by atoms with Gasteiger partial charge in [-0.25, -0.2) is 14.8 Å². The maximum absolute atomic E-state index is 13.3. The number of carbonyl (C=O) groups is 1. The fourth-order valence-corrected chi connectivity index (χ4v) is 3.66. The summed E-state index contributed by atoms with van der Waals surface area (Å²) < 4.78 is 15.4. The smallest absolute Gasteiger partial charge is 0.318 e. The quantitative estimate of drug-likeness (QED) is 0.708. The Morgan fingerprint density at radius 1 is 1.18 bits per heavy atom. The second-order valence-electron chi connectivity index (χ2n) is 7.03. The van der Waals surface area contributed by atoms with Crippen LogP contribution in [0.4, 0.5) is 14.9 Å². The summed E-state index contributed by atoms with van der Waals surface area (Å²) >= 11 is 0. The number of imidazole rings is 1. The van der Waals surface area contributed by atoms with Crippen LogP contribution >= 0.6 is 0 Å². The molecule has 4 heterocycles. The molecule has 0 aliphatic carbocycles. The summed E-state index contributed by atoms with van der Waals surface area (Å²) in [5, 5.41) is 3.09. The van der Waals surface area contributed by atoms with Gasteiger partial charge in [-0.3, -0.25) is 4.40 Å². The summed E-state index contributed by atoms with van der Waals surface area (Å²) in [5.74, 6) is -0.490. The number of piperazine rings is 1. The lowest BCUT2D eigenvalue weighted by molar-refractivity contribution is 0.191. The molecule has 0 saturated carbocycles. The van der Waals surface area contributed by atoms with Crippen LogP contribution in [-0.4, -0.2) is 51.5 Å².